The quantitative estimate of drug-likeness (QED) is 0.538. The molecular weight excluding hydrogens is 398 g/mol. The molecule has 2 N–H and O–H groups in total. The normalized spacial score (nSPS) is 10.8. The Bertz CT molecular complexity index is 1160. The number of benzene rings is 2. The Morgan fingerprint density at radius 2 is 1.94 bits per heavy atom. The number of azo groups is 1. The number of hydrogen-bond donors (Lipinski definition) is 2. The highest BCUT2D eigenvalue weighted by Gasteiger charge is 2.16. The van der Waals surface area contributed by atoms with Gasteiger partial charge in [0, 0.05) is 17.5 Å². The largest absolute Gasteiger partial charge is 0.494 e. The van der Waals surface area contributed by atoms with Crippen LogP contribution in [0.1, 0.15) is 23.7 Å². The van der Waals surface area contributed by atoms with Gasteiger partial charge in [-0.25, -0.2) is 0 Å². The smallest absolute Gasteiger partial charge is 0.283 e. The molecule has 1 heterocycles. The summed E-state index contributed by atoms with van der Waals surface area (Å²) in [6.07, 6.45) is 0.208. The minimum Gasteiger partial charge on any atom is -0.494 e. The number of aromatic nitrogens is 1. The Kier molecular flexibility index (Phi) is 6.96. The summed E-state index contributed by atoms with van der Waals surface area (Å²) in [5, 5.41) is 29.9. The molecule has 9 nitrogen and oxygen atoms in total. The fraction of sp³-hybridized carbons (Fsp3) is 0.227. The molecule has 2 amide bonds. The molecule has 0 aliphatic heterocycles. The van der Waals surface area contributed by atoms with Crippen LogP contribution in [0.25, 0.3) is 10.9 Å². The first-order chi connectivity index (χ1) is 15.0. The van der Waals surface area contributed by atoms with E-state index in [2.05, 4.69) is 15.5 Å². The van der Waals surface area contributed by atoms with Gasteiger partial charge in [-0.15, -0.1) is 10.2 Å². The average molecular weight is 419 g/mol. The van der Waals surface area contributed by atoms with Crippen LogP contribution in [-0.4, -0.2) is 34.6 Å². The molecule has 9 heteroatoms. The zero-order chi connectivity index (χ0) is 22.2. The number of ether oxygens (including phenoxy) is 1. The van der Waals surface area contributed by atoms with Crippen molar-refractivity contribution in [3.8, 4) is 17.7 Å². The number of aromatic hydroxyl groups is 1. The van der Waals surface area contributed by atoms with Gasteiger partial charge in [0.25, 0.3) is 11.8 Å². The zero-order valence-electron chi connectivity index (χ0n) is 16.9. The van der Waals surface area contributed by atoms with Gasteiger partial charge < -0.3 is 19.7 Å². The number of carbonyl (C=O) groups excluding carboxylic acids is 2. The molecule has 0 saturated heterocycles. The number of rotatable bonds is 8. The highest BCUT2D eigenvalue weighted by molar-refractivity contribution is 5.97. The van der Waals surface area contributed by atoms with Gasteiger partial charge in [-0.05, 0) is 37.3 Å². The number of carbonyl (C=O) groups is 2. The number of amides is 2. The van der Waals surface area contributed by atoms with Crippen LogP contribution in [0.3, 0.4) is 0 Å². The summed E-state index contributed by atoms with van der Waals surface area (Å²) >= 11 is 0. The summed E-state index contributed by atoms with van der Waals surface area (Å²) < 4.78 is 6.87. The van der Waals surface area contributed by atoms with E-state index in [1.54, 1.807) is 53.1 Å². The summed E-state index contributed by atoms with van der Waals surface area (Å²) in [7, 11) is 0. The third-order valence-corrected chi connectivity index (χ3v) is 4.45. The summed E-state index contributed by atoms with van der Waals surface area (Å²) in [4.78, 5) is 24.3. The Balaban J connectivity index is 1.67. The fourth-order valence-corrected chi connectivity index (χ4v) is 3.03. The van der Waals surface area contributed by atoms with Crippen molar-refractivity contribution in [2.75, 3.05) is 13.2 Å². The molecule has 0 unspecified atom stereocenters. The Morgan fingerprint density at radius 3 is 2.65 bits per heavy atom. The maximum absolute atomic E-state index is 12.2. The van der Waals surface area contributed by atoms with Crippen LogP contribution in [0.2, 0.25) is 0 Å². The molecular formula is C22H21N5O4. The summed E-state index contributed by atoms with van der Waals surface area (Å²) in [6.45, 7) is 2.33. The van der Waals surface area contributed by atoms with Gasteiger partial charge in [-0.2, -0.15) is 5.26 Å². The lowest BCUT2D eigenvalue weighted by Gasteiger charge is -2.05. The zero-order valence-corrected chi connectivity index (χ0v) is 16.9. The molecule has 0 bridgehead atoms. The third-order valence-electron chi connectivity index (χ3n) is 4.45. The Morgan fingerprint density at radius 1 is 1.19 bits per heavy atom. The van der Waals surface area contributed by atoms with Crippen LogP contribution in [0.15, 0.2) is 58.8 Å². The van der Waals surface area contributed by atoms with Crippen molar-refractivity contribution in [1.29, 1.82) is 5.26 Å². The predicted molar refractivity (Wildman–Crippen MR) is 113 cm³/mol. The first-order valence-electron chi connectivity index (χ1n) is 9.68. The Hall–Kier alpha value is -4.19. The minimum atomic E-state index is -0.674. The van der Waals surface area contributed by atoms with Gasteiger partial charge in [0.2, 0.25) is 5.88 Å². The summed E-state index contributed by atoms with van der Waals surface area (Å²) in [5.74, 6) is -0.626. The lowest BCUT2D eigenvalue weighted by Crippen LogP contribution is -2.28. The van der Waals surface area contributed by atoms with E-state index >= 15 is 0 Å². The molecule has 0 saturated carbocycles. The highest BCUT2D eigenvalue weighted by atomic mass is 16.5. The van der Waals surface area contributed by atoms with E-state index in [4.69, 9.17) is 10.00 Å². The van der Waals surface area contributed by atoms with E-state index in [1.807, 2.05) is 13.0 Å². The number of nitrogens with one attached hydrogen (secondary N) is 1. The van der Waals surface area contributed by atoms with Crippen molar-refractivity contribution in [3.05, 3.63) is 54.1 Å². The van der Waals surface area contributed by atoms with Crippen molar-refractivity contribution in [2.24, 2.45) is 10.2 Å². The number of nitrogens with zero attached hydrogens (tertiary/aromatic N) is 4. The van der Waals surface area contributed by atoms with E-state index in [9.17, 15) is 14.7 Å². The lowest BCUT2D eigenvalue weighted by atomic mass is 10.2. The number of para-hydroxylation sites is 1. The highest BCUT2D eigenvalue weighted by Crippen LogP contribution is 2.38. The minimum absolute atomic E-state index is 0.139. The van der Waals surface area contributed by atoms with Crippen LogP contribution >= 0.6 is 0 Å². The number of fused-ring (bicyclic) bond motifs is 1. The molecule has 0 aliphatic carbocycles. The third kappa shape index (κ3) is 5.05. The maximum Gasteiger partial charge on any atom is 0.283 e. The van der Waals surface area contributed by atoms with Crippen molar-refractivity contribution in [2.45, 2.75) is 19.9 Å². The predicted octanol–water partition coefficient (Wildman–Crippen LogP) is 3.70. The van der Waals surface area contributed by atoms with E-state index in [-0.39, 0.29) is 31.1 Å². The van der Waals surface area contributed by atoms with Crippen molar-refractivity contribution in [3.63, 3.8) is 0 Å². The second kappa shape index (κ2) is 10.0. The van der Waals surface area contributed by atoms with E-state index in [0.29, 0.717) is 28.8 Å². The van der Waals surface area contributed by atoms with Crippen LogP contribution in [-0.2, 0) is 11.3 Å². The first kappa shape index (κ1) is 21.5. The van der Waals surface area contributed by atoms with Gasteiger partial charge in [0.05, 0.1) is 24.6 Å². The molecule has 3 rings (SSSR count). The standard InChI is InChI=1S/C22H21N5O4/c1-2-31-16-10-8-15(9-11-16)21(29)24-14-19(28)25-26-20-17-6-3-4-7-18(17)27(22(20)30)13-5-12-23/h3-4,6-11,30H,2,5,13-14H2,1H3,(H,24,29). The molecule has 0 atom stereocenters. The molecule has 1 aromatic heterocycles. The van der Waals surface area contributed by atoms with E-state index < -0.39 is 11.8 Å². The average Bonchev–Trinajstić information content (AvgIpc) is 3.06. The molecule has 3 aromatic rings. The number of aryl methyl sites for hydroxylation is 1. The second-order valence-electron chi connectivity index (χ2n) is 6.48. The first-order valence-corrected chi connectivity index (χ1v) is 9.68. The Labute approximate surface area is 178 Å². The maximum atomic E-state index is 12.2. The molecule has 31 heavy (non-hydrogen) atoms. The van der Waals surface area contributed by atoms with E-state index in [0.717, 1.165) is 0 Å². The fourth-order valence-electron chi connectivity index (χ4n) is 3.03. The molecule has 0 radical (unpaired) electrons. The summed E-state index contributed by atoms with van der Waals surface area (Å²) in [6, 6.07) is 15.7. The van der Waals surface area contributed by atoms with Crippen LogP contribution in [0.4, 0.5) is 5.69 Å². The van der Waals surface area contributed by atoms with Gasteiger partial charge in [-0.3, -0.25) is 9.59 Å². The molecule has 2 aromatic carbocycles. The monoisotopic (exact) mass is 419 g/mol. The molecule has 0 aliphatic rings. The van der Waals surface area contributed by atoms with Crippen LogP contribution < -0.4 is 10.1 Å². The number of nitriles is 1. The molecule has 158 valence electrons. The van der Waals surface area contributed by atoms with Gasteiger partial charge in [0.1, 0.15) is 12.3 Å². The SMILES string of the molecule is CCOc1ccc(C(=O)NCC(=O)N=Nc2c(O)n(CCC#N)c3ccccc23)cc1. The van der Waals surface area contributed by atoms with Gasteiger partial charge in [0.15, 0.2) is 5.69 Å². The summed E-state index contributed by atoms with van der Waals surface area (Å²) in [5.41, 5.74) is 1.20. The van der Waals surface area contributed by atoms with Gasteiger partial charge >= 0.3 is 0 Å². The van der Waals surface area contributed by atoms with Crippen molar-refractivity contribution in [1.82, 2.24) is 9.88 Å². The van der Waals surface area contributed by atoms with Gasteiger partial charge in [-0.1, -0.05) is 18.2 Å². The second-order valence-corrected chi connectivity index (χ2v) is 6.48. The number of hydrogen-bond acceptors (Lipinski definition) is 6. The van der Waals surface area contributed by atoms with E-state index in [1.165, 1.54) is 0 Å². The lowest BCUT2D eigenvalue weighted by molar-refractivity contribution is -0.117. The van der Waals surface area contributed by atoms with Crippen molar-refractivity contribution < 1.29 is 19.4 Å². The molecule has 0 spiro atoms. The van der Waals surface area contributed by atoms with Crippen LogP contribution in [0, 0.1) is 11.3 Å². The molecule has 0 fully saturated rings. The van der Waals surface area contributed by atoms with Crippen LogP contribution in [0.5, 0.6) is 11.6 Å². The topological polar surface area (TPSA) is 129 Å². The van der Waals surface area contributed by atoms with Crippen molar-refractivity contribution >= 4 is 28.4 Å².